The molecule has 0 aromatic heterocycles. The molecule has 0 aliphatic heterocycles. The maximum Gasteiger partial charge on any atom is 0.326 e. The summed E-state index contributed by atoms with van der Waals surface area (Å²) in [6.45, 7) is 3.71. The van der Waals surface area contributed by atoms with Gasteiger partial charge in [0.05, 0.1) is 0 Å². The van der Waals surface area contributed by atoms with Crippen molar-refractivity contribution in [2.45, 2.75) is 38.8 Å². The van der Waals surface area contributed by atoms with Crippen LogP contribution in [0.5, 0.6) is 0 Å². The zero-order valence-electron chi connectivity index (χ0n) is 12.3. The Morgan fingerprint density at radius 1 is 1.23 bits per heavy atom. The van der Waals surface area contributed by atoms with Crippen molar-refractivity contribution in [3.8, 4) is 0 Å². The smallest absolute Gasteiger partial charge is 0.326 e. The molecule has 3 N–H and O–H groups in total. The third-order valence-electron chi connectivity index (χ3n) is 3.08. The molecule has 0 spiro atoms. The van der Waals surface area contributed by atoms with E-state index >= 15 is 0 Å². The van der Waals surface area contributed by atoms with Gasteiger partial charge >= 0.3 is 5.97 Å². The first-order valence-electron chi connectivity index (χ1n) is 6.86. The fourth-order valence-electron chi connectivity index (χ4n) is 1.95. The minimum Gasteiger partial charge on any atom is -0.480 e. The summed E-state index contributed by atoms with van der Waals surface area (Å²) in [7, 11) is 0. The molecule has 22 heavy (non-hydrogen) atoms. The highest BCUT2D eigenvalue weighted by Gasteiger charge is 2.26. The molecule has 1 aromatic rings. The van der Waals surface area contributed by atoms with Crippen molar-refractivity contribution in [1.82, 2.24) is 5.32 Å². The van der Waals surface area contributed by atoms with Crippen molar-refractivity contribution in [3.63, 3.8) is 0 Å². The summed E-state index contributed by atoms with van der Waals surface area (Å²) in [5.41, 5.74) is 0.442. The predicted octanol–water partition coefficient (Wildman–Crippen LogP) is 2.51. The van der Waals surface area contributed by atoms with Crippen LogP contribution in [-0.2, 0) is 16.0 Å². The zero-order valence-corrected chi connectivity index (χ0v) is 13.9. The maximum atomic E-state index is 11.9. The molecule has 0 radical (unpaired) electrons. The van der Waals surface area contributed by atoms with Crippen molar-refractivity contribution in [3.05, 3.63) is 33.8 Å². The first-order valence-corrected chi connectivity index (χ1v) is 7.62. The lowest BCUT2D eigenvalue weighted by atomic mass is 10.0. The summed E-state index contributed by atoms with van der Waals surface area (Å²) < 4.78 is 0. The molecule has 1 rings (SSSR count). The van der Waals surface area contributed by atoms with Crippen LogP contribution in [0.4, 0.5) is 0 Å². The highest BCUT2D eigenvalue weighted by molar-refractivity contribution is 6.36. The number of hydrogen-bond acceptors (Lipinski definition) is 3. The van der Waals surface area contributed by atoms with Crippen LogP contribution in [0.15, 0.2) is 18.2 Å². The monoisotopic (exact) mass is 347 g/mol. The minimum absolute atomic E-state index is 0.0615. The molecule has 1 aromatic carbocycles. The summed E-state index contributed by atoms with van der Waals surface area (Å²) in [5, 5.41) is 22.0. The summed E-state index contributed by atoms with van der Waals surface area (Å²) in [5.74, 6) is -1.83. The minimum atomic E-state index is -1.25. The first-order chi connectivity index (χ1) is 10.2. The normalized spacial score (nSPS) is 13.7. The van der Waals surface area contributed by atoms with Crippen molar-refractivity contribution in [2.24, 2.45) is 5.92 Å². The van der Waals surface area contributed by atoms with Crippen molar-refractivity contribution < 1.29 is 19.8 Å². The number of halogens is 2. The number of carboxylic acids is 1. The molecule has 0 aliphatic carbocycles. The van der Waals surface area contributed by atoms with Gasteiger partial charge in [0.25, 0.3) is 0 Å². The Balaban J connectivity index is 2.83. The van der Waals surface area contributed by atoms with Crippen LogP contribution in [0.1, 0.15) is 25.8 Å². The molecule has 1 amide bonds. The summed E-state index contributed by atoms with van der Waals surface area (Å²) in [6.07, 6.45) is -1.05. The number of carboxylic acid groups (broad SMARTS) is 1. The van der Waals surface area contributed by atoms with Crippen LogP contribution < -0.4 is 5.32 Å². The zero-order chi connectivity index (χ0) is 16.9. The Morgan fingerprint density at radius 2 is 1.77 bits per heavy atom. The second kappa shape index (κ2) is 8.36. The highest BCUT2D eigenvalue weighted by Crippen LogP contribution is 2.25. The molecule has 2 atom stereocenters. The third kappa shape index (κ3) is 5.48. The molecule has 5 nitrogen and oxygen atoms in total. The van der Waals surface area contributed by atoms with Gasteiger partial charge in [0.2, 0.25) is 5.91 Å². The lowest BCUT2D eigenvalue weighted by molar-refractivity contribution is -0.143. The lowest BCUT2D eigenvalue weighted by Crippen LogP contribution is -2.47. The number of hydrogen-bond donors (Lipinski definition) is 3. The number of aliphatic carboxylic acids is 1. The molecule has 0 unspecified atom stereocenters. The number of amides is 1. The van der Waals surface area contributed by atoms with Gasteiger partial charge in [-0.3, -0.25) is 4.79 Å². The van der Waals surface area contributed by atoms with Gasteiger partial charge in [-0.25, -0.2) is 4.79 Å². The van der Waals surface area contributed by atoms with Gasteiger partial charge < -0.3 is 15.5 Å². The Labute approximate surface area is 139 Å². The molecule has 0 fully saturated rings. The molecule has 0 heterocycles. The van der Waals surface area contributed by atoms with Gasteiger partial charge in [-0.15, -0.1) is 0 Å². The lowest BCUT2D eigenvalue weighted by Gasteiger charge is -2.19. The number of aliphatic hydroxyl groups is 1. The van der Waals surface area contributed by atoms with E-state index in [4.69, 9.17) is 23.2 Å². The number of nitrogens with one attached hydrogen (secondary N) is 1. The van der Waals surface area contributed by atoms with Gasteiger partial charge in [-0.2, -0.15) is 0 Å². The molecular weight excluding hydrogens is 329 g/mol. The number of rotatable bonds is 7. The fraction of sp³-hybridized carbons (Fsp3) is 0.467. The summed E-state index contributed by atoms with van der Waals surface area (Å²) >= 11 is 12.0. The molecule has 0 saturated heterocycles. The van der Waals surface area contributed by atoms with Gasteiger partial charge in [0.15, 0.2) is 0 Å². The Morgan fingerprint density at radius 3 is 2.23 bits per heavy atom. The molecular formula is C15H19Cl2NO4. The topological polar surface area (TPSA) is 86.6 Å². The van der Waals surface area contributed by atoms with E-state index in [1.54, 1.807) is 18.2 Å². The van der Waals surface area contributed by atoms with E-state index in [0.29, 0.717) is 15.6 Å². The quantitative estimate of drug-likeness (QED) is 0.707. The van der Waals surface area contributed by atoms with Gasteiger partial charge in [0, 0.05) is 16.5 Å². The average Bonchev–Trinajstić information content (AvgIpc) is 2.40. The molecule has 7 heteroatoms. The highest BCUT2D eigenvalue weighted by atomic mass is 35.5. The van der Waals surface area contributed by atoms with Crippen molar-refractivity contribution in [2.75, 3.05) is 0 Å². The Hall–Kier alpha value is -1.30. The molecule has 0 aliphatic rings. The number of carbonyl (C=O) groups is 2. The molecule has 122 valence electrons. The summed E-state index contributed by atoms with van der Waals surface area (Å²) in [4.78, 5) is 23.2. The fourth-order valence-corrected chi connectivity index (χ4v) is 2.50. The predicted molar refractivity (Wildman–Crippen MR) is 85.2 cm³/mol. The molecule has 0 bridgehead atoms. The van der Waals surface area contributed by atoms with E-state index in [1.807, 2.05) is 13.8 Å². The third-order valence-corrected chi connectivity index (χ3v) is 3.79. The maximum absolute atomic E-state index is 11.9. The second-order valence-electron chi connectivity index (χ2n) is 5.45. The number of benzene rings is 1. The van der Waals surface area contributed by atoms with Crippen LogP contribution in [0.2, 0.25) is 10.0 Å². The van der Waals surface area contributed by atoms with Crippen LogP contribution in [0.25, 0.3) is 0 Å². The van der Waals surface area contributed by atoms with Crippen LogP contribution in [0, 0.1) is 5.92 Å². The van der Waals surface area contributed by atoms with Crippen LogP contribution in [0.3, 0.4) is 0 Å². The largest absolute Gasteiger partial charge is 0.480 e. The van der Waals surface area contributed by atoms with Crippen molar-refractivity contribution >= 4 is 35.1 Å². The van der Waals surface area contributed by atoms with E-state index < -0.39 is 24.0 Å². The Kier molecular flexibility index (Phi) is 7.13. The SMILES string of the molecule is CC(C)C[C@H](O)C(=O)N[C@H](Cc1c(Cl)cccc1Cl)C(=O)O. The second-order valence-corrected chi connectivity index (χ2v) is 6.26. The van der Waals surface area contributed by atoms with E-state index in [9.17, 15) is 19.8 Å². The van der Waals surface area contributed by atoms with Gasteiger partial charge in [0.1, 0.15) is 12.1 Å². The van der Waals surface area contributed by atoms with Gasteiger partial charge in [-0.1, -0.05) is 43.1 Å². The van der Waals surface area contributed by atoms with E-state index in [1.165, 1.54) is 0 Å². The van der Waals surface area contributed by atoms with Gasteiger partial charge in [-0.05, 0) is 30.0 Å². The number of carbonyl (C=O) groups excluding carboxylic acids is 1. The van der Waals surface area contributed by atoms with E-state index in [0.717, 1.165) is 0 Å². The number of aliphatic hydroxyl groups excluding tert-OH is 1. The van der Waals surface area contributed by atoms with E-state index in [2.05, 4.69) is 5.32 Å². The van der Waals surface area contributed by atoms with E-state index in [-0.39, 0.29) is 18.8 Å². The Bertz CT molecular complexity index is 528. The first kappa shape index (κ1) is 18.7. The average molecular weight is 348 g/mol. The van der Waals surface area contributed by atoms with Crippen molar-refractivity contribution in [1.29, 1.82) is 0 Å². The standard InChI is InChI=1S/C15H19Cl2NO4/c1-8(2)6-13(19)14(20)18-12(15(21)22)7-9-10(16)4-3-5-11(9)17/h3-5,8,12-13,19H,6-7H2,1-2H3,(H,18,20)(H,21,22)/t12-,13+/m1/s1. The summed E-state index contributed by atoms with van der Waals surface area (Å²) in [6, 6.07) is 3.62. The van der Waals surface area contributed by atoms with Crippen LogP contribution in [-0.4, -0.2) is 34.2 Å². The molecule has 0 saturated carbocycles. The van der Waals surface area contributed by atoms with Crippen LogP contribution >= 0.6 is 23.2 Å².